The van der Waals surface area contributed by atoms with E-state index in [1.807, 2.05) is 54.3 Å². The molecule has 7 heteroatoms. The summed E-state index contributed by atoms with van der Waals surface area (Å²) in [5.74, 6) is 2.48. The maximum atomic E-state index is 6.59. The van der Waals surface area contributed by atoms with Gasteiger partial charge in [-0.2, -0.15) is 0 Å². The van der Waals surface area contributed by atoms with Gasteiger partial charge in [0.25, 0.3) is 0 Å². The number of alkyl halides is 1. The van der Waals surface area contributed by atoms with E-state index in [2.05, 4.69) is 31.8 Å². The van der Waals surface area contributed by atoms with E-state index in [4.69, 9.17) is 44.3 Å². The topological polar surface area (TPSA) is 36.3 Å². The maximum Gasteiger partial charge on any atom is 0.137 e. The summed E-state index contributed by atoms with van der Waals surface area (Å²) in [5, 5.41) is 1.18. The second kappa shape index (κ2) is 11.5. The summed E-state index contributed by atoms with van der Waals surface area (Å²) in [5.41, 5.74) is 1.85. The summed E-state index contributed by atoms with van der Waals surface area (Å²) in [6, 6.07) is 11.9. The Morgan fingerprint density at radius 2 is 1.45 bits per heavy atom. The Bertz CT molecular complexity index is 1040. The first-order valence-corrected chi connectivity index (χ1v) is 12.4. The lowest BCUT2D eigenvalue weighted by atomic mass is 9.78. The average Bonchev–Trinajstić information content (AvgIpc) is 3.30. The molecule has 178 valence electrons. The minimum atomic E-state index is -0.303. The van der Waals surface area contributed by atoms with Crippen molar-refractivity contribution in [1.82, 2.24) is 9.55 Å². The van der Waals surface area contributed by atoms with Gasteiger partial charge in [0.05, 0.1) is 29.6 Å². The molecule has 0 aliphatic rings. The fraction of sp³-hybridized carbons (Fsp3) is 0.423. The lowest BCUT2D eigenvalue weighted by molar-refractivity contribution is 0.244. The van der Waals surface area contributed by atoms with Crippen molar-refractivity contribution in [3.05, 3.63) is 76.3 Å². The van der Waals surface area contributed by atoms with Crippen LogP contribution in [-0.2, 0) is 12.0 Å². The molecule has 0 aliphatic heterocycles. The number of rotatable bonds is 11. The van der Waals surface area contributed by atoms with Crippen molar-refractivity contribution >= 4 is 34.8 Å². The first-order valence-electron chi connectivity index (χ1n) is 11.1. The molecule has 2 aromatic carbocycles. The zero-order chi connectivity index (χ0) is 24.0. The van der Waals surface area contributed by atoms with E-state index in [1.165, 1.54) is 0 Å². The SMILES string of the molecule is CC(CCl)COc1ccc(C(C)(C)c2ccc(OCC(C)Cn3ccnc3)c(Cl)c2)cc1Cl. The average molecular weight is 510 g/mol. The summed E-state index contributed by atoms with van der Waals surface area (Å²) in [6.45, 7) is 10.4. The van der Waals surface area contributed by atoms with Crippen molar-refractivity contribution in [1.29, 1.82) is 0 Å². The van der Waals surface area contributed by atoms with Crippen LogP contribution in [0.15, 0.2) is 55.1 Å². The maximum absolute atomic E-state index is 6.59. The number of hydrogen-bond donors (Lipinski definition) is 0. The molecule has 0 N–H and O–H groups in total. The van der Waals surface area contributed by atoms with Crippen molar-refractivity contribution in [2.75, 3.05) is 19.1 Å². The molecule has 0 fully saturated rings. The van der Waals surface area contributed by atoms with E-state index in [0.29, 0.717) is 46.6 Å². The van der Waals surface area contributed by atoms with Crippen LogP contribution in [0.25, 0.3) is 0 Å². The van der Waals surface area contributed by atoms with Gasteiger partial charge in [0.1, 0.15) is 11.5 Å². The number of ether oxygens (including phenoxy) is 2. The molecule has 0 bridgehead atoms. The van der Waals surface area contributed by atoms with Crippen LogP contribution < -0.4 is 9.47 Å². The molecule has 0 saturated carbocycles. The molecule has 0 radical (unpaired) electrons. The molecule has 2 unspecified atom stereocenters. The highest BCUT2D eigenvalue weighted by molar-refractivity contribution is 6.32. The second-order valence-electron chi connectivity index (χ2n) is 9.16. The van der Waals surface area contributed by atoms with E-state index in [1.54, 1.807) is 6.20 Å². The van der Waals surface area contributed by atoms with Crippen LogP contribution in [0.2, 0.25) is 10.0 Å². The van der Waals surface area contributed by atoms with Crippen LogP contribution in [0.3, 0.4) is 0 Å². The summed E-state index contributed by atoms with van der Waals surface area (Å²) < 4.78 is 13.9. The number of nitrogens with zero attached hydrogens (tertiary/aromatic N) is 2. The molecule has 0 spiro atoms. The van der Waals surface area contributed by atoms with Crippen molar-refractivity contribution in [3.63, 3.8) is 0 Å². The van der Waals surface area contributed by atoms with E-state index in [-0.39, 0.29) is 11.3 Å². The van der Waals surface area contributed by atoms with Gasteiger partial charge in [-0.15, -0.1) is 11.6 Å². The predicted molar refractivity (Wildman–Crippen MR) is 137 cm³/mol. The van der Waals surface area contributed by atoms with Gasteiger partial charge in [0, 0.05) is 42.1 Å². The van der Waals surface area contributed by atoms with Gasteiger partial charge in [-0.1, -0.05) is 63.0 Å². The fourth-order valence-electron chi connectivity index (χ4n) is 3.50. The van der Waals surface area contributed by atoms with Gasteiger partial charge in [-0.3, -0.25) is 0 Å². The molecule has 0 aliphatic carbocycles. The van der Waals surface area contributed by atoms with Crippen molar-refractivity contribution in [2.24, 2.45) is 11.8 Å². The van der Waals surface area contributed by atoms with Crippen molar-refractivity contribution in [2.45, 2.75) is 39.7 Å². The van der Waals surface area contributed by atoms with Crippen molar-refractivity contribution in [3.8, 4) is 11.5 Å². The molecule has 1 heterocycles. The number of hydrogen-bond acceptors (Lipinski definition) is 3. The Labute approximate surface area is 211 Å². The van der Waals surface area contributed by atoms with Crippen LogP contribution in [-0.4, -0.2) is 28.6 Å². The monoisotopic (exact) mass is 508 g/mol. The minimum absolute atomic E-state index is 0.260. The van der Waals surface area contributed by atoms with Crippen LogP contribution in [0, 0.1) is 11.8 Å². The quantitative estimate of drug-likeness (QED) is 0.251. The molecular formula is C26H31Cl3N2O2. The predicted octanol–water partition coefficient (Wildman–Crippen LogP) is 7.48. The van der Waals surface area contributed by atoms with E-state index in [0.717, 1.165) is 17.7 Å². The summed E-state index contributed by atoms with van der Waals surface area (Å²) >= 11 is 19.0. The smallest absolute Gasteiger partial charge is 0.137 e. The van der Waals surface area contributed by atoms with Crippen LogP contribution >= 0.6 is 34.8 Å². The third-order valence-electron chi connectivity index (χ3n) is 5.70. The van der Waals surface area contributed by atoms with Gasteiger partial charge in [0.15, 0.2) is 0 Å². The number of aromatic nitrogens is 2. The van der Waals surface area contributed by atoms with E-state index < -0.39 is 0 Å². The van der Waals surface area contributed by atoms with Crippen LogP contribution in [0.4, 0.5) is 0 Å². The fourth-order valence-corrected chi connectivity index (χ4v) is 4.06. The zero-order valence-corrected chi connectivity index (χ0v) is 21.8. The molecule has 0 amide bonds. The Balaban J connectivity index is 1.68. The van der Waals surface area contributed by atoms with Gasteiger partial charge in [0.2, 0.25) is 0 Å². The highest BCUT2D eigenvalue weighted by Gasteiger charge is 2.25. The Morgan fingerprint density at radius 3 is 1.91 bits per heavy atom. The molecule has 0 saturated heterocycles. The number of benzene rings is 2. The largest absolute Gasteiger partial charge is 0.492 e. The normalized spacial score (nSPS) is 13.5. The number of imidazole rings is 1. The van der Waals surface area contributed by atoms with E-state index >= 15 is 0 Å². The molecule has 33 heavy (non-hydrogen) atoms. The third kappa shape index (κ3) is 6.81. The molecule has 3 aromatic rings. The molecule has 1 aromatic heterocycles. The lowest BCUT2D eigenvalue weighted by Gasteiger charge is -2.27. The summed E-state index contributed by atoms with van der Waals surface area (Å²) in [7, 11) is 0. The second-order valence-corrected chi connectivity index (χ2v) is 10.3. The Kier molecular flexibility index (Phi) is 8.97. The Hall–Kier alpha value is -1.88. The zero-order valence-electron chi connectivity index (χ0n) is 19.5. The summed E-state index contributed by atoms with van der Waals surface area (Å²) in [6.07, 6.45) is 5.54. The van der Waals surface area contributed by atoms with Gasteiger partial charge in [-0.25, -0.2) is 4.98 Å². The highest BCUT2D eigenvalue weighted by Crippen LogP contribution is 2.38. The lowest BCUT2D eigenvalue weighted by Crippen LogP contribution is -2.19. The molecule has 2 atom stereocenters. The van der Waals surface area contributed by atoms with Gasteiger partial charge < -0.3 is 14.0 Å². The number of halogens is 3. The highest BCUT2D eigenvalue weighted by atomic mass is 35.5. The van der Waals surface area contributed by atoms with E-state index in [9.17, 15) is 0 Å². The molecular weight excluding hydrogens is 479 g/mol. The van der Waals surface area contributed by atoms with Crippen molar-refractivity contribution < 1.29 is 9.47 Å². The van der Waals surface area contributed by atoms with Gasteiger partial charge >= 0.3 is 0 Å². The minimum Gasteiger partial charge on any atom is -0.492 e. The van der Waals surface area contributed by atoms with Crippen LogP contribution in [0.5, 0.6) is 11.5 Å². The Morgan fingerprint density at radius 1 is 0.909 bits per heavy atom. The van der Waals surface area contributed by atoms with Crippen LogP contribution in [0.1, 0.15) is 38.8 Å². The molecule has 3 rings (SSSR count). The standard InChI is InChI=1S/C26H31Cl3N2O2/c1-18(13-27)15-32-24-7-5-20(11-22(24)28)26(3,4)21-6-8-25(23(29)12-21)33-16-19(2)14-31-10-9-30-17-31/h5-12,17-19H,13-16H2,1-4H3. The molecule has 4 nitrogen and oxygen atoms in total. The van der Waals surface area contributed by atoms with Gasteiger partial charge in [-0.05, 0) is 35.4 Å². The first kappa shape index (κ1) is 25.7. The summed E-state index contributed by atoms with van der Waals surface area (Å²) in [4.78, 5) is 4.08. The third-order valence-corrected chi connectivity index (χ3v) is 6.82. The first-order chi connectivity index (χ1) is 15.7.